The van der Waals surface area contributed by atoms with E-state index in [9.17, 15) is 14.3 Å². The lowest BCUT2D eigenvalue weighted by Gasteiger charge is -2.13. The molecular formula is C14H16FN3O2S. The molecule has 0 aliphatic rings. The lowest BCUT2D eigenvalue weighted by molar-refractivity contribution is 0.169. The number of carbonyl (C=O) groups excluding carboxylic acids is 1. The molecule has 2 amide bonds. The number of aromatic nitrogens is 1. The van der Waals surface area contributed by atoms with Crippen LogP contribution in [0.3, 0.4) is 0 Å². The third-order valence-corrected chi connectivity index (χ3v) is 3.51. The van der Waals surface area contributed by atoms with Crippen LogP contribution in [-0.4, -0.2) is 29.2 Å². The Kier molecular flexibility index (Phi) is 5.65. The van der Waals surface area contributed by atoms with Crippen LogP contribution >= 0.6 is 11.3 Å². The summed E-state index contributed by atoms with van der Waals surface area (Å²) in [6, 6.07) is 5.54. The second-order valence-corrected chi connectivity index (χ2v) is 5.12. The Morgan fingerprint density at radius 3 is 2.90 bits per heavy atom. The van der Waals surface area contributed by atoms with Crippen LogP contribution in [0.15, 0.2) is 35.2 Å². The van der Waals surface area contributed by atoms with Gasteiger partial charge in [0.15, 0.2) is 0 Å². The van der Waals surface area contributed by atoms with E-state index in [2.05, 4.69) is 15.6 Å². The van der Waals surface area contributed by atoms with Crippen LogP contribution in [0.1, 0.15) is 17.4 Å². The van der Waals surface area contributed by atoms with Crippen molar-refractivity contribution < 1.29 is 14.3 Å². The van der Waals surface area contributed by atoms with Crippen molar-refractivity contribution in [3.05, 3.63) is 52.2 Å². The fourth-order valence-electron chi connectivity index (χ4n) is 1.77. The summed E-state index contributed by atoms with van der Waals surface area (Å²) < 4.78 is 13.4. The quantitative estimate of drug-likeness (QED) is 0.762. The standard InChI is InChI=1S/C14H16FN3O2S/c15-12-4-2-1-3-11(12)13(19)7-17-14(20)16-6-5-10-8-21-9-18-10/h1-4,8-9,13,19H,5-7H2,(H2,16,17,20). The minimum absolute atomic E-state index is 0.0521. The first-order chi connectivity index (χ1) is 10.2. The summed E-state index contributed by atoms with van der Waals surface area (Å²) in [6.45, 7) is 0.398. The smallest absolute Gasteiger partial charge is 0.314 e. The molecular weight excluding hydrogens is 293 g/mol. The fraction of sp³-hybridized carbons (Fsp3) is 0.286. The maximum atomic E-state index is 13.4. The van der Waals surface area contributed by atoms with Crippen molar-refractivity contribution in [3.63, 3.8) is 0 Å². The monoisotopic (exact) mass is 309 g/mol. The van der Waals surface area contributed by atoms with Gasteiger partial charge in [-0.3, -0.25) is 0 Å². The van der Waals surface area contributed by atoms with Gasteiger partial charge >= 0.3 is 6.03 Å². The zero-order valence-corrected chi connectivity index (χ0v) is 12.1. The average molecular weight is 309 g/mol. The predicted molar refractivity (Wildman–Crippen MR) is 78.6 cm³/mol. The molecule has 0 saturated carbocycles. The average Bonchev–Trinajstić information content (AvgIpc) is 2.98. The van der Waals surface area contributed by atoms with Crippen molar-refractivity contribution in [2.45, 2.75) is 12.5 Å². The van der Waals surface area contributed by atoms with E-state index in [0.29, 0.717) is 13.0 Å². The number of benzene rings is 1. The molecule has 2 aromatic rings. The molecule has 1 heterocycles. The molecule has 0 aliphatic carbocycles. The van der Waals surface area contributed by atoms with Crippen molar-refractivity contribution in [2.24, 2.45) is 0 Å². The van der Waals surface area contributed by atoms with Crippen LogP contribution in [0.25, 0.3) is 0 Å². The van der Waals surface area contributed by atoms with E-state index in [1.54, 1.807) is 17.6 Å². The summed E-state index contributed by atoms with van der Waals surface area (Å²) in [5, 5.41) is 16.9. The molecule has 1 aromatic carbocycles. The molecule has 0 bridgehead atoms. The van der Waals surface area contributed by atoms with Gasteiger partial charge in [0.2, 0.25) is 0 Å². The minimum atomic E-state index is -1.07. The first kappa shape index (κ1) is 15.4. The largest absolute Gasteiger partial charge is 0.386 e. The topological polar surface area (TPSA) is 74.2 Å². The molecule has 0 fully saturated rings. The molecule has 0 saturated heterocycles. The van der Waals surface area contributed by atoms with Gasteiger partial charge in [0.1, 0.15) is 5.82 Å². The van der Waals surface area contributed by atoms with E-state index in [1.807, 2.05) is 5.38 Å². The van der Waals surface area contributed by atoms with Gasteiger partial charge < -0.3 is 15.7 Å². The Morgan fingerprint density at radius 2 is 2.19 bits per heavy atom. The van der Waals surface area contributed by atoms with Crippen LogP contribution < -0.4 is 10.6 Å². The summed E-state index contributed by atoms with van der Waals surface area (Å²) in [7, 11) is 0. The summed E-state index contributed by atoms with van der Waals surface area (Å²) in [5.74, 6) is -0.490. The summed E-state index contributed by atoms with van der Waals surface area (Å²) in [6.07, 6.45) is -0.428. The van der Waals surface area contributed by atoms with Crippen LogP contribution in [-0.2, 0) is 6.42 Å². The highest BCUT2D eigenvalue weighted by molar-refractivity contribution is 7.07. The van der Waals surface area contributed by atoms with Crippen LogP contribution in [0, 0.1) is 5.82 Å². The van der Waals surface area contributed by atoms with Gasteiger partial charge in [-0.05, 0) is 6.07 Å². The van der Waals surface area contributed by atoms with Gasteiger partial charge in [0.05, 0.1) is 17.3 Å². The Hall–Kier alpha value is -1.99. The molecule has 1 aromatic heterocycles. The van der Waals surface area contributed by atoms with E-state index in [4.69, 9.17) is 0 Å². The number of urea groups is 1. The normalized spacial score (nSPS) is 11.9. The van der Waals surface area contributed by atoms with Crippen molar-refractivity contribution in [3.8, 4) is 0 Å². The highest BCUT2D eigenvalue weighted by Gasteiger charge is 2.13. The fourth-order valence-corrected chi connectivity index (χ4v) is 2.37. The third kappa shape index (κ3) is 4.80. The second kappa shape index (κ2) is 7.70. The number of aliphatic hydroxyl groups is 1. The molecule has 1 atom stereocenters. The molecule has 0 aliphatic heterocycles. The first-order valence-corrected chi connectivity index (χ1v) is 7.42. The number of nitrogens with one attached hydrogen (secondary N) is 2. The summed E-state index contributed by atoms with van der Waals surface area (Å²) >= 11 is 1.50. The number of nitrogens with zero attached hydrogens (tertiary/aromatic N) is 1. The Labute approximate surface area is 125 Å². The van der Waals surface area contributed by atoms with Gasteiger partial charge in [-0.2, -0.15) is 0 Å². The highest BCUT2D eigenvalue weighted by Crippen LogP contribution is 2.15. The Morgan fingerprint density at radius 1 is 1.38 bits per heavy atom. The number of carbonyl (C=O) groups is 1. The highest BCUT2D eigenvalue weighted by atomic mass is 32.1. The van der Waals surface area contributed by atoms with Gasteiger partial charge in [0.25, 0.3) is 0 Å². The SMILES string of the molecule is O=C(NCCc1cscn1)NCC(O)c1ccccc1F. The van der Waals surface area contributed by atoms with Crippen LogP contribution in [0.5, 0.6) is 0 Å². The number of hydrogen-bond donors (Lipinski definition) is 3. The molecule has 5 nitrogen and oxygen atoms in total. The van der Waals surface area contributed by atoms with Gasteiger partial charge in [0, 0.05) is 30.5 Å². The second-order valence-electron chi connectivity index (χ2n) is 4.40. The molecule has 21 heavy (non-hydrogen) atoms. The lowest BCUT2D eigenvalue weighted by atomic mass is 10.1. The third-order valence-electron chi connectivity index (χ3n) is 2.87. The molecule has 1 unspecified atom stereocenters. The summed E-state index contributed by atoms with van der Waals surface area (Å²) in [5.41, 5.74) is 2.83. The predicted octanol–water partition coefficient (Wildman–Crippen LogP) is 1.86. The maximum Gasteiger partial charge on any atom is 0.314 e. The van der Waals surface area contributed by atoms with Crippen LogP contribution in [0.4, 0.5) is 9.18 Å². The number of amides is 2. The zero-order chi connectivity index (χ0) is 15.1. The van der Waals surface area contributed by atoms with Crippen molar-refractivity contribution in [1.29, 1.82) is 0 Å². The van der Waals surface area contributed by atoms with Crippen molar-refractivity contribution in [1.82, 2.24) is 15.6 Å². The minimum Gasteiger partial charge on any atom is -0.386 e. The first-order valence-electron chi connectivity index (χ1n) is 6.48. The summed E-state index contributed by atoms with van der Waals surface area (Å²) in [4.78, 5) is 15.6. The molecule has 0 spiro atoms. The number of aliphatic hydroxyl groups excluding tert-OH is 1. The van der Waals surface area contributed by atoms with Gasteiger partial charge in [-0.25, -0.2) is 14.2 Å². The number of thiazole rings is 1. The molecule has 112 valence electrons. The number of rotatable bonds is 6. The zero-order valence-electron chi connectivity index (χ0n) is 11.3. The van der Waals surface area contributed by atoms with Gasteiger partial charge in [-0.1, -0.05) is 18.2 Å². The van der Waals surface area contributed by atoms with E-state index in [1.165, 1.54) is 23.5 Å². The van der Waals surface area contributed by atoms with E-state index >= 15 is 0 Å². The number of halogens is 1. The Bertz CT molecular complexity index is 577. The lowest BCUT2D eigenvalue weighted by Crippen LogP contribution is -2.38. The van der Waals surface area contributed by atoms with E-state index < -0.39 is 18.0 Å². The molecule has 2 rings (SSSR count). The molecule has 7 heteroatoms. The van der Waals surface area contributed by atoms with E-state index in [0.717, 1.165) is 5.69 Å². The number of hydrogen-bond acceptors (Lipinski definition) is 4. The molecule has 3 N–H and O–H groups in total. The van der Waals surface area contributed by atoms with Crippen molar-refractivity contribution in [2.75, 3.05) is 13.1 Å². The van der Waals surface area contributed by atoms with E-state index in [-0.39, 0.29) is 12.1 Å². The van der Waals surface area contributed by atoms with Crippen molar-refractivity contribution >= 4 is 17.4 Å². The Balaban J connectivity index is 1.70. The van der Waals surface area contributed by atoms with Crippen LogP contribution in [0.2, 0.25) is 0 Å². The maximum absolute atomic E-state index is 13.4. The molecule has 0 radical (unpaired) electrons. The van der Waals surface area contributed by atoms with Gasteiger partial charge in [-0.15, -0.1) is 11.3 Å².